The van der Waals surface area contributed by atoms with Gasteiger partial charge in [-0.3, -0.25) is 9.59 Å². The van der Waals surface area contributed by atoms with Gasteiger partial charge < -0.3 is 14.8 Å². The average Bonchev–Trinajstić information content (AvgIpc) is 2.63. The lowest BCUT2D eigenvalue weighted by Gasteiger charge is -2.14. The number of hydrogen-bond acceptors (Lipinski definition) is 4. The van der Waals surface area contributed by atoms with E-state index in [2.05, 4.69) is 5.32 Å². The Labute approximate surface area is 162 Å². The summed E-state index contributed by atoms with van der Waals surface area (Å²) in [6.07, 6.45) is -0.893. The molecule has 2 aromatic carbocycles. The number of nitrogens with one attached hydrogen (secondary N) is 1. The van der Waals surface area contributed by atoms with Crippen molar-refractivity contribution in [1.29, 1.82) is 0 Å². The smallest absolute Gasteiger partial charge is 0.311 e. The van der Waals surface area contributed by atoms with Crippen LogP contribution in [0, 0.1) is 0 Å². The summed E-state index contributed by atoms with van der Waals surface area (Å²) in [6, 6.07) is 12.2. The van der Waals surface area contributed by atoms with Crippen LogP contribution < -0.4 is 10.1 Å². The van der Waals surface area contributed by atoms with Crippen LogP contribution in [0.1, 0.15) is 18.1 Å². The number of rotatable bonds is 7. The van der Waals surface area contributed by atoms with Crippen molar-refractivity contribution in [3.05, 3.63) is 63.6 Å². The Morgan fingerprint density at radius 1 is 1.04 bits per heavy atom. The van der Waals surface area contributed by atoms with E-state index in [0.29, 0.717) is 22.2 Å². The first-order valence-electron chi connectivity index (χ1n) is 7.93. The Hall–Kier alpha value is -2.24. The minimum absolute atomic E-state index is 0.00693. The molecule has 1 amide bonds. The number of carbonyl (C=O) groups is 2. The quantitative estimate of drug-likeness (QED) is 0.724. The van der Waals surface area contributed by atoms with E-state index < -0.39 is 12.1 Å². The second-order valence-corrected chi connectivity index (χ2v) is 6.44. The van der Waals surface area contributed by atoms with E-state index in [9.17, 15) is 9.59 Å². The molecule has 0 aliphatic rings. The molecule has 26 heavy (non-hydrogen) atoms. The number of halogens is 2. The van der Waals surface area contributed by atoms with Crippen molar-refractivity contribution in [3.63, 3.8) is 0 Å². The van der Waals surface area contributed by atoms with Crippen LogP contribution in [0.25, 0.3) is 0 Å². The van der Waals surface area contributed by atoms with Gasteiger partial charge in [-0.1, -0.05) is 41.4 Å². The zero-order valence-electron chi connectivity index (χ0n) is 14.4. The van der Waals surface area contributed by atoms with Gasteiger partial charge in [0.2, 0.25) is 0 Å². The molecule has 2 rings (SSSR count). The number of ether oxygens (including phenoxy) is 2. The van der Waals surface area contributed by atoms with Gasteiger partial charge in [0.25, 0.3) is 5.91 Å². The fourth-order valence-corrected chi connectivity index (χ4v) is 2.51. The van der Waals surface area contributed by atoms with Crippen molar-refractivity contribution in [2.24, 2.45) is 0 Å². The van der Waals surface area contributed by atoms with E-state index in [-0.39, 0.29) is 12.3 Å². The lowest BCUT2D eigenvalue weighted by atomic mass is 10.1. The van der Waals surface area contributed by atoms with Gasteiger partial charge in [0.15, 0.2) is 6.10 Å². The van der Waals surface area contributed by atoms with Crippen molar-refractivity contribution in [3.8, 4) is 5.75 Å². The molecule has 7 heteroatoms. The largest absolute Gasteiger partial charge is 0.497 e. The molecule has 2 aromatic rings. The molecule has 0 heterocycles. The number of benzene rings is 2. The van der Waals surface area contributed by atoms with E-state index in [4.69, 9.17) is 32.7 Å². The molecule has 0 bridgehead atoms. The van der Waals surface area contributed by atoms with Crippen molar-refractivity contribution in [2.75, 3.05) is 7.11 Å². The maximum atomic E-state index is 12.1. The number of hydrogen-bond donors (Lipinski definition) is 1. The van der Waals surface area contributed by atoms with Crippen LogP contribution in [0.5, 0.6) is 5.75 Å². The van der Waals surface area contributed by atoms with Gasteiger partial charge in [0.05, 0.1) is 23.6 Å². The summed E-state index contributed by atoms with van der Waals surface area (Å²) < 4.78 is 10.2. The van der Waals surface area contributed by atoms with Crippen LogP contribution in [0.2, 0.25) is 10.0 Å². The molecule has 138 valence electrons. The third-order valence-electron chi connectivity index (χ3n) is 3.64. The number of esters is 1. The molecule has 1 N–H and O–H groups in total. The minimum atomic E-state index is -0.900. The molecule has 1 atom stereocenters. The summed E-state index contributed by atoms with van der Waals surface area (Å²) in [4.78, 5) is 24.1. The lowest BCUT2D eigenvalue weighted by molar-refractivity contribution is -0.154. The van der Waals surface area contributed by atoms with Gasteiger partial charge in [0, 0.05) is 6.54 Å². The van der Waals surface area contributed by atoms with Crippen LogP contribution in [0.4, 0.5) is 0 Å². The Kier molecular flexibility index (Phi) is 7.30. The predicted octanol–water partition coefficient (Wildman–Crippen LogP) is 3.79. The van der Waals surface area contributed by atoms with Crippen molar-refractivity contribution in [2.45, 2.75) is 26.0 Å². The van der Waals surface area contributed by atoms with Crippen molar-refractivity contribution >= 4 is 35.1 Å². The summed E-state index contributed by atoms with van der Waals surface area (Å²) in [5.74, 6) is -0.150. The topological polar surface area (TPSA) is 64.6 Å². The molecule has 0 radical (unpaired) electrons. The van der Waals surface area contributed by atoms with Crippen molar-refractivity contribution in [1.82, 2.24) is 5.32 Å². The van der Waals surface area contributed by atoms with Gasteiger partial charge in [0.1, 0.15) is 5.75 Å². The number of amides is 1. The van der Waals surface area contributed by atoms with Gasteiger partial charge in [-0.2, -0.15) is 0 Å². The molecular formula is C19H19Cl2NO4. The standard InChI is InChI=1S/C19H19Cl2NO4/c1-12(19(24)22-11-13-3-6-15(25-2)7-4-13)26-18(23)10-14-5-8-16(20)17(21)9-14/h3-9,12H,10-11H2,1-2H3,(H,22,24)/t12-/m0/s1. The summed E-state index contributed by atoms with van der Waals surface area (Å²) in [5.41, 5.74) is 1.57. The van der Waals surface area contributed by atoms with Gasteiger partial charge in [-0.15, -0.1) is 0 Å². The molecule has 0 aliphatic carbocycles. The minimum Gasteiger partial charge on any atom is -0.497 e. The number of methoxy groups -OCH3 is 1. The van der Waals surface area contributed by atoms with Gasteiger partial charge >= 0.3 is 5.97 Å². The van der Waals surface area contributed by atoms with E-state index in [0.717, 1.165) is 11.3 Å². The first-order chi connectivity index (χ1) is 12.4. The van der Waals surface area contributed by atoms with Gasteiger partial charge in [-0.25, -0.2) is 0 Å². The molecule has 5 nitrogen and oxygen atoms in total. The third kappa shape index (κ3) is 5.93. The zero-order chi connectivity index (χ0) is 19.1. The second-order valence-electron chi connectivity index (χ2n) is 5.62. The first kappa shape index (κ1) is 20.1. The highest BCUT2D eigenvalue weighted by Gasteiger charge is 2.18. The molecule has 0 unspecified atom stereocenters. The highest BCUT2D eigenvalue weighted by atomic mass is 35.5. The molecular weight excluding hydrogens is 377 g/mol. The Morgan fingerprint density at radius 3 is 2.31 bits per heavy atom. The zero-order valence-corrected chi connectivity index (χ0v) is 15.9. The Morgan fingerprint density at radius 2 is 1.69 bits per heavy atom. The summed E-state index contributed by atoms with van der Waals surface area (Å²) >= 11 is 11.8. The maximum Gasteiger partial charge on any atom is 0.311 e. The first-order valence-corrected chi connectivity index (χ1v) is 8.68. The monoisotopic (exact) mass is 395 g/mol. The Balaban J connectivity index is 1.81. The fraction of sp³-hybridized carbons (Fsp3) is 0.263. The third-order valence-corrected chi connectivity index (χ3v) is 4.37. The number of carbonyl (C=O) groups excluding carboxylic acids is 2. The molecule has 0 aliphatic heterocycles. The normalized spacial score (nSPS) is 11.5. The second kappa shape index (κ2) is 9.46. The summed E-state index contributed by atoms with van der Waals surface area (Å²) in [6.45, 7) is 1.85. The van der Waals surface area contributed by atoms with Crippen LogP contribution in [-0.4, -0.2) is 25.1 Å². The van der Waals surface area contributed by atoms with E-state index >= 15 is 0 Å². The van der Waals surface area contributed by atoms with E-state index in [1.807, 2.05) is 24.3 Å². The van der Waals surface area contributed by atoms with E-state index in [1.54, 1.807) is 25.3 Å². The molecule has 0 saturated heterocycles. The highest BCUT2D eigenvalue weighted by molar-refractivity contribution is 6.42. The van der Waals surface area contributed by atoms with Gasteiger partial charge in [-0.05, 0) is 42.3 Å². The lowest BCUT2D eigenvalue weighted by Crippen LogP contribution is -2.35. The predicted molar refractivity (Wildman–Crippen MR) is 101 cm³/mol. The van der Waals surface area contributed by atoms with E-state index in [1.165, 1.54) is 6.92 Å². The van der Waals surface area contributed by atoms with Crippen LogP contribution in [0.15, 0.2) is 42.5 Å². The molecule has 0 aromatic heterocycles. The molecule has 0 fully saturated rings. The van der Waals surface area contributed by atoms with Crippen LogP contribution in [0.3, 0.4) is 0 Å². The fourth-order valence-electron chi connectivity index (χ4n) is 2.18. The molecule has 0 spiro atoms. The molecule has 0 saturated carbocycles. The van der Waals surface area contributed by atoms with Crippen molar-refractivity contribution < 1.29 is 19.1 Å². The summed E-state index contributed by atoms with van der Waals surface area (Å²) in [7, 11) is 1.59. The average molecular weight is 396 g/mol. The SMILES string of the molecule is COc1ccc(CNC(=O)[C@H](C)OC(=O)Cc2ccc(Cl)c(Cl)c2)cc1. The van der Waals surface area contributed by atoms with Crippen LogP contribution >= 0.6 is 23.2 Å². The Bertz CT molecular complexity index is 778. The van der Waals surface area contributed by atoms with Crippen LogP contribution in [-0.2, 0) is 27.3 Å². The summed E-state index contributed by atoms with van der Waals surface area (Å²) in [5, 5.41) is 3.50. The maximum absolute atomic E-state index is 12.1. The highest BCUT2D eigenvalue weighted by Crippen LogP contribution is 2.23.